The lowest BCUT2D eigenvalue weighted by Gasteiger charge is -2.34. The van der Waals surface area contributed by atoms with Crippen molar-refractivity contribution in [2.75, 3.05) is 31.5 Å². The smallest absolute Gasteiger partial charge is 0.321 e. The zero-order valence-electron chi connectivity index (χ0n) is 14.5. The molecule has 25 heavy (non-hydrogen) atoms. The Morgan fingerprint density at radius 2 is 1.72 bits per heavy atom. The van der Waals surface area contributed by atoms with E-state index >= 15 is 0 Å². The Hall–Kier alpha value is -2.40. The molecule has 2 aromatic rings. The topological polar surface area (TPSA) is 35.6 Å². The zero-order chi connectivity index (χ0) is 17.6. The number of benzene rings is 2. The standard InChI is InChI=1S/C20H24FN3O/c1-2-16-7-9-18(10-8-16)22-20(25)24-13-11-23(12-14-24)15-17-5-3-4-6-19(17)21/h3-10H,2,11-15H2,1H3,(H,22,25). The maximum atomic E-state index is 13.7. The molecule has 132 valence electrons. The Kier molecular flexibility index (Phi) is 5.66. The first-order valence-corrected chi connectivity index (χ1v) is 8.76. The molecule has 1 heterocycles. The van der Waals surface area contributed by atoms with Gasteiger partial charge in [-0.25, -0.2) is 9.18 Å². The van der Waals surface area contributed by atoms with E-state index in [4.69, 9.17) is 0 Å². The van der Waals surface area contributed by atoms with Crippen molar-refractivity contribution in [1.29, 1.82) is 0 Å². The molecule has 4 nitrogen and oxygen atoms in total. The first-order valence-electron chi connectivity index (χ1n) is 8.76. The van der Waals surface area contributed by atoms with Crippen LogP contribution in [-0.2, 0) is 13.0 Å². The number of nitrogens with zero attached hydrogens (tertiary/aromatic N) is 2. The third kappa shape index (κ3) is 4.57. The molecule has 5 heteroatoms. The zero-order valence-corrected chi connectivity index (χ0v) is 14.5. The van der Waals surface area contributed by atoms with E-state index in [9.17, 15) is 9.18 Å². The summed E-state index contributed by atoms with van der Waals surface area (Å²) in [5.41, 5.74) is 2.77. The predicted octanol–water partition coefficient (Wildman–Crippen LogP) is 3.74. The van der Waals surface area contributed by atoms with Crippen LogP contribution in [0, 0.1) is 5.82 Å². The van der Waals surface area contributed by atoms with E-state index in [0.717, 1.165) is 25.2 Å². The number of amides is 2. The van der Waals surface area contributed by atoms with E-state index in [1.54, 1.807) is 6.07 Å². The lowest BCUT2D eigenvalue weighted by atomic mass is 10.1. The Morgan fingerprint density at radius 3 is 2.36 bits per heavy atom. The molecule has 0 spiro atoms. The van der Waals surface area contributed by atoms with E-state index in [0.29, 0.717) is 25.2 Å². The number of halogens is 1. The molecule has 0 bridgehead atoms. The predicted molar refractivity (Wildman–Crippen MR) is 98.1 cm³/mol. The van der Waals surface area contributed by atoms with E-state index in [2.05, 4.69) is 17.1 Å². The van der Waals surface area contributed by atoms with Gasteiger partial charge in [-0.2, -0.15) is 0 Å². The number of piperazine rings is 1. The van der Waals surface area contributed by atoms with Crippen LogP contribution in [0.5, 0.6) is 0 Å². The van der Waals surface area contributed by atoms with Crippen molar-refractivity contribution in [1.82, 2.24) is 9.80 Å². The van der Waals surface area contributed by atoms with Crippen LogP contribution in [0.3, 0.4) is 0 Å². The summed E-state index contributed by atoms with van der Waals surface area (Å²) < 4.78 is 13.7. The van der Waals surface area contributed by atoms with Gasteiger partial charge >= 0.3 is 6.03 Å². The van der Waals surface area contributed by atoms with Crippen molar-refractivity contribution in [3.05, 3.63) is 65.5 Å². The van der Waals surface area contributed by atoms with Gasteiger partial charge in [0.05, 0.1) is 0 Å². The Labute approximate surface area is 148 Å². The largest absolute Gasteiger partial charge is 0.322 e. The van der Waals surface area contributed by atoms with Gasteiger partial charge in [-0.15, -0.1) is 0 Å². The molecule has 0 aliphatic carbocycles. The van der Waals surface area contributed by atoms with Gasteiger partial charge in [0.2, 0.25) is 0 Å². The molecule has 2 aromatic carbocycles. The van der Waals surface area contributed by atoms with Crippen molar-refractivity contribution in [3.63, 3.8) is 0 Å². The molecule has 0 atom stereocenters. The molecule has 1 aliphatic rings. The van der Waals surface area contributed by atoms with Gasteiger partial charge in [0.15, 0.2) is 0 Å². The van der Waals surface area contributed by atoms with Crippen LogP contribution < -0.4 is 5.32 Å². The number of hydrogen-bond acceptors (Lipinski definition) is 2. The second kappa shape index (κ2) is 8.12. The fourth-order valence-electron chi connectivity index (χ4n) is 3.00. The molecule has 1 N–H and O–H groups in total. The summed E-state index contributed by atoms with van der Waals surface area (Å²) >= 11 is 0. The maximum absolute atomic E-state index is 13.7. The van der Waals surface area contributed by atoms with Crippen LogP contribution in [0.1, 0.15) is 18.1 Å². The highest BCUT2D eigenvalue weighted by Crippen LogP contribution is 2.14. The van der Waals surface area contributed by atoms with Gasteiger partial charge in [-0.1, -0.05) is 37.3 Å². The van der Waals surface area contributed by atoms with E-state index < -0.39 is 0 Å². The van der Waals surface area contributed by atoms with Crippen molar-refractivity contribution < 1.29 is 9.18 Å². The first-order chi connectivity index (χ1) is 12.2. The van der Waals surface area contributed by atoms with Gasteiger partial charge < -0.3 is 10.2 Å². The molecular weight excluding hydrogens is 317 g/mol. The minimum atomic E-state index is -0.168. The van der Waals surface area contributed by atoms with Crippen LogP contribution >= 0.6 is 0 Å². The summed E-state index contributed by atoms with van der Waals surface area (Å²) in [6.07, 6.45) is 0.984. The fourth-order valence-corrected chi connectivity index (χ4v) is 3.00. The van der Waals surface area contributed by atoms with Gasteiger partial charge in [-0.3, -0.25) is 4.90 Å². The minimum Gasteiger partial charge on any atom is -0.322 e. The number of anilines is 1. The number of carbonyl (C=O) groups excluding carboxylic acids is 1. The average molecular weight is 341 g/mol. The highest BCUT2D eigenvalue weighted by molar-refractivity contribution is 5.89. The van der Waals surface area contributed by atoms with E-state index in [1.807, 2.05) is 41.3 Å². The van der Waals surface area contributed by atoms with Gasteiger partial charge in [0, 0.05) is 44.0 Å². The second-order valence-corrected chi connectivity index (χ2v) is 6.34. The lowest BCUT2D eigenvalue weighted by molar-refractivity contribution is 0.142. The molecule has 2 amide bonds. The van der Waals surface area contributed by atoms with E-state index in [-0.39, 0.29) is 11.8 Å². The highest BCUT2D eigenvalue weighted by atomic mass is 19.1. The Morgan fingerprint density at radius 1 is 1.04 bits per heavy atom. The Bertz CT molecular complexity index is 709. The number of nitrogens with one attached hydrogen (secondary N) is 1. The highest BCUT2D eigenvalue weighted by Gasteiger charge is 2.21. The monoisotopic (exact) mass is 341 g/mol. The van der Waals surface area contributed by atoms with Gasteiger partial charge in [-0.05, 0) is 30.2 Å². The SMILES string of the molecule is CCc1ccc(NC(=O)N2CCN(Cc3ccccc3F)CC2)cc1. The second-order valence-electron chi connectivity index (χ2n) is 6.34. The van der Waals surface area contributed by atoms with Crippen LogP contribution in [0.25, 0.3) is 0 Å². The summed E-state index contributed by atoms with van der Waals surface area (Å²) in [4.78, 5) is 16.4. The molecule has 0 unspecified atom stereocenters. The van der Waals surface area contributed by atoms with Crippen molar-refractivity contribution in [2.24, 2.45) is 0 Å². The molecule has 1 aliphatic heterocycles. The molecule has 0 aromatic heterocycles. The normalized spacial score (nSPS) is 15.2. The summed E-state index contributed by atoms with van der Waals surface area (Å²) in [7, 11) is 0. The number of aryl methyl sites for hydroxylation is 1. The lowest BCUT2D eigenvalue weighted by Crippen LogP contribution is -2.49. The average Bonchev–Trinajstić information content (AvgIpc) is 2.65. The van der Waals surface area contributed by atoms with Gasteiger partial charge in [0.1, 0.15) is 5.82 Å². The quantitative estimate of drug-likeness (QED) is 0.919. The fraction of sp³-hybridized carbons (Fsp3) is 0.350. The van der Waals surface area contributed by atoms with Crippen LogP contribution in [0.15, 0.2) is 48.5 Å². The molecule has 0 saturated carbocycles. The summed E-state index contributed by atoms with van der Waals surface area (Å²) in [5.74, 6) is -0.168. The summed E-state index contributed by atoms with van der Waals surface area (Å²) in [6.45, 7) is 5.47. The van der Waals surface area contributed by atoms with Crippen molar-refractivity contribution in [2.45, 2.75) is 19.9 Å². The molecule has 1 fully saturated rings. The number of urea groups is 1. The van der Waals surface area contributed by atoms with Crippen LogP contribution in [-0.4, -0.2) is 42.0 Å². The van der Waals surface area contributed by atoms with Gasteiger partial charge in [0.25, 0.3) is 0 Å². The summed E-state index contributed by atoms with van der Waals surface area (Å²) in [6, 6.07) is 14.7. The third-order valence-electron chi connectivity index (χ3n) is 4.62. The third-order valence-corrected chi connectivity index (χ3v) is 4.62. The molecule has 1 saturated heterocycles. The van der Waals surface area contributed by atoms with Crippen molar-refractivity contribution in [3.8, 4) is 0 Å². The summed E-state index contributed by atoms with van der Waals surface area (Å²) in [5, 5.41) is 2.95. The van der Waals surface area contributed by atoms with E-state index in [1.165, 1.54) is 11.6 Å². The molecule has 3 rings (SSSR count). The Balaban J connectivity index is 1.49. The molecular formula is C20H24FN3O. The number of rotatable bonds is 4. The maximum Gasteiger partial charge on any atom is 0.321 e. The first kappa shape index (κ1) is 17.4. The minimum absolute atomic E-state index is 0.0743. The van der Waals surface area contributed by atoms with Crippen LogP contribution in [0.2, 0.25) is 0 Å². The van der Waals surface area contributed by atoms with Crippen molar-refractivity contribution >= 4 is 11.7 Å². The van der Waals surface area contributed by atoms with Crippen LogP contribution in [0.4, 0.5) is 14.9 Å². The number of carbonyl (C=O) groups is 1. The molecule has 0 radical (unpaired) electrons. The number of hydrogen-bond donors (Lipinski definition) is 1.